The fraction of sp³-hybridized carbons (Fsp3) is 0.389. The van der Waals surface area contributed by atoms with E-state index in [-0.39, 0.29) is 23.9 Å². The van der Waals surface area contributed by atoms with E-state index in [1.807, 2.05) is 36.4 Å². The van der Waals surface area contributed by atoms with E-state index in [1.165, 1.54) is 7.11 Å². The number of hydrogen-bond acceptors (Lipinski definition) is 10. The molecule has 1 aromatic heterocycles. The van der Waals surface area contributed by atoms with Gasteiger partial charge in [-0.3, -0.25) is 14.8 Å². The zero-order valence-electron chi connectivity index (χ0n) is 27.6. The zero-order chi connectivity index (χ0) is 34.8. The maximum Gasteiger partial charge on any atom is 0.237 e. The van der Waals surface area contributed by atoms with E-state index in [4.69, 9.17) is 37.7 Å². The van der Waals surface area contributed by atoms with Gasteiger partial charge in [0.2, 0.25) is 17.7 Å². The molecule has 3 atom stereocenters. The van der Waals surface area contributed by atoms with E-state index in [0.717, 1.165) is 42.4 Å². The number of nitriles is 1. The Morgan fingerprint density at radius 2 is 1.92 bits per heavy atom. The fourth-order valence-electron chi connectivity index (χ4n) is 6.12. The fourth-order valence-corrected chi connectivity index (χ4v) is 6.75. The Morgan fingerprint density at radius 3 is 2.61 bits per heavy atom. The first kappa shape index (κ1) is 36.0. The van der Waals surface area contributed by atoms with Crippen LogP contribution in [0.1, 0.15) is 43.4 Å². The summed E-state index contributed by atoms with van der Waals surface area (Å²) >= 11 is 14.0. The van der Waals surface area contributed by atoms with Gasteiger partial charge in [0.05, 0.1) is 42.2 Å². The molecule has 1 aliphatic carbocycles. The number of methoxy groups -OCH3 is 2. The molecule has 3 aromatic rings. The number of carbonyl (C=O) groups excluding carboxylic acids is 1. The molecule has 2 heterocycles. The third-order valence-corrected chi connectivity index (χ3v) is 9.59. The summed E-state index contributed by atoms with van der Waals surface area (Å²) in [4.78, 5) is 29.5. The van der Waals surface area contributed by atoms with Crippen molar-refractivity contribution in [3.8, 4) is 34.3 Å². The summed E-state index contributed by atoms with van der Waals surface area (Å²) in [7, 11) is 3.09. The topological polar surface area (TPSA) is 146 Å². The molecule has 2 aromatic carbocycles. The van der Waals surface area contributed by atoms with Crippen LogP contribution in [-0.4, -0.2) is 68.2 Å². The summed E-state index contributed by atoms with van der Waals surface area (Å²) in [6.45, 7) is 5.08. The van der Waals surface area contributed by atoms with Crippen LogP contribution in [0.2, 0.25) is 10.0 Å². The number of nitrogens with zero attached hydrogens (tertiary/aromatic N) is 5. The van der Waals surface area contributed by atoms with Gasteiger partial charge in [0.25, 0.3) is 0 Å². The highest BCUT2D eigenvalue weighted by Crippen LogP contribution is 2.40. The van der Waals surface area contributed by atoms with Crippen LogP contribution in [0, 0.1) is 17.2 Å². The Hall–Kier alpha value is -4.34. The molecule has 1 aliphatic heterocycles. The maximum atomic E-state index is 11.5. The van der Waals surface area contributed by atoms with Crippen molar-refractivity contribution in [2.45, 2.75) is 57.2 Å². The standard InChI is InChI=1S/C36H40Cl2N8O3/c1-40-35(48-2)30(19-41-18-25-12-13-32(47)45-25)42-15-14-23-6-4-7-26(33(23)37)27-8-5-9-28(34(27)38)29-20-44-31(36(46-29)49-3)21-43-24-11-10-22(16-24)17-39/h4-9,15,20,22,24-25,41,43H,1,10-14,16,18-19,21H2,2-3H3,(H,45,47)/b35-30+,42-15-/t22-,24+,25+/m1/s1. The summed E-state index contributed by atoms with van der Waals surface area (Å²) in [5, 5.41) is 20.0. The summed E-state index contributed by atoms with van der Waals surface area (Å²) in [6.07, 6.45) is 7.95. The Kier molecular flexibility index (Phi) is 12.7. The number of nitrogens with one attached hydrogen (secondary N) is 3. The van der Waals surface area contributed by atoms with Crippen LogP contribution in [0.25, 0.3) is 22.4 Å². The lowest BCUT2D eigenvalue weighted by Gasteiger charge is -2.15. The molecule has 256 valence electrons. The molecule has 11 nitrogen and oxygen atoms in total. The first-order valence-electron chi connectivity index (χ1n) is 16.2. The number of ether oxygens (including phenoxy) is 2. The maximum absolute atomic E-state index is 11.5. The molecule has 0 bridgehead atoms. The molecular formula is C36H40Cl2N8O3. The van der Waals surface area contributed by atoms with Gasteiger partial charge in [-0.2, -0.15) is 5.26 Å². The molecule has 0 unspecified atom stereocenters. The third-order valence-electron chi connectivity index (χ3n) is 8.73. The number of hydrogen-bond donors (Lipinski definition) is 3. The van der Waals surface area contributed by atoms with Crippen LogP contribution < -0.4 is 20.7 Å². The summed E-state index contributed by atoms with van der Waals surface area (Å²) in [5.74, 6) is 0.901. The van der Waals surface area contributed by atoms with Gasteiger partial charge in [-0.25, -0.2) is 9.98 Å². The molecular weight excluding hydrogens is 663 g/mol. The lowest BCUT2D eigenvalue weighted by molar-refractivity contribution is -0.119. The molecule has 2 fully saturated rings. The van der Waals surface area contributed by atoms with Crippen LogP contribution in [-0.2, 0) is 22.5 Å². The van der Waals surface area contributed by atoms with Gasteiger partial charge in [0, 0.05) is 73.4 Å². The van der Waals surface area contributed by atoms with Crippen molar-refractivity contribution in [1.82, 2.24) is 25.9 Å². The number of carbonyl (C=O) groups is 1. The van der Waals surface area contributed by atoms with Gasteiger partial charge < -0.3 is 25.4 Å². The smallest absolute Gasteiger partial charge is 0.237 e. The average Bonchev–Trinajstić information content (AvgIpc) is 3.77. The molecule has 0 radical (unpaired) electrons. The number of halogens is 2. The molecule has 1 saturated carbocycles. The van der Waals surface area contributed by atoms with Crippen LogP contribution in [0.3, 0.4) is 0 Å². The second-order valence-electron chi connectivity index (χ2n) is 11.9. The van der Waals surface area contributed by atoms with Crippen LogP contribution >= 0.6 is 23.2 Å². The number of aliphatic imine (C=N–C) groups is 2. The minimum atomic E-state index is 0.0703. The van der Waals surface area contributed by atoms with Crippen molar-refractivity contribution in [3.05, 3.63) is 75.5 Å². The molecule has 3 N–H and O–H groups in total. The molecule has 5 rings (SSSR count). The number of rotatable bonds is 15. The van der Waals surface area contributed by atoms with E-state index < -0.39 is 0 Å². The van der Waals surface area contributed by atoms with Crippen molar-refractivity contribution in [2.75, 3.05) is 27.3 Å². The highest BCUT2D eigenvalue weighted by atomic mass is 35.5. The number of aromatic nitrogens is 2. The first-order valence-corrected chi connectivity index (χ1v) is 17.0. The van der Waals surface area contributed by atoms with Crippen molar-refractivity contribution in [1.29, 1.82) is 5.26 Å². The normalized spacial score (nSPS) is 19.4. The Bertz CT molecular complexity index is 1770. The Labute approximate surface area is 296 Å². The summed E-state index contributed by atoms with van der Waals surface area (Å²) in [5.41, 5.74) is 4.92. The molecule has 2 aliphatic rings. The highest BCUT2D eigenvalue weighted by Gasteiger charge is 2.25. The van der Waals surface area contributed by atoms with E-state index in [1.54, 1.807) is 19.5 Å². The van der Waals surface area contributed by atoms with Crippen LogP contribution in [0.5, 0.6) is 5.88 Å². The predicted octanol–water partition coefficient (Wildman–Crippen LogP) is 5.91. The van der Waals surface area contributed by atoms with E-state index in [0.29, 0.717) is 76.9 Å². The van der Waals surface area contributed by atoms with Gasteiger partial charge in [-0.15, -0.1) is 0 Å². The predicted molar refractivity (Wildman–Crippen MR) is 193 cm³/mol. The molecule has 1 amide bonds. The van der Waals surface area contributed by atoms with E-state index in [2.05, 4.69) is 43.7 Å². The number of amides is 1. The second-order valence-corrected chi connectivity index (χ2v) is 12.7. The van der Waals surface area contributed by atoms with Gasteiger partial charge in [0.1, 0.15) is 11.4 Å². The third kappa shape index (κ3) is 9.02. The lowest BCUT2D eigenvalue weighted by Crippen LogP contribution is -2.36. The highest BCUT2D eigenvalue weighted by molar-refractivity contribution is 6.38. The summed E-state index contributed by atoms with van der Waals surface area (Å²) < 4.78 is 11.0. The average molecular weight is 704 g/mol. The summed E-state index contributed by atoms with van der Waals surface area (Å²) in [6, 6.07) is 14.2. The van der Waals surface area contributed by atoms with Gasteiger partial charge >= 0.3 is 0 Å². The van der Waals surface area contributed by atoms with Gasteiger partial charge in [-0.05, 0) is 38.0 Å². The monoisotopic (exact) mass is 702 g/mol. The van der Waals surface area contributed by atoms with Crippen molar-refractivity contribution in [2.24, 2.45) is 15.9 Å². The lowest BCUT2D eigenvalue weighted by atomic mass is 9.99. The Morgan fingerprint density at radius 1 is 1.14 bits per heavy atom. The molecule has 0 spiro atoms. The van der Waals surface area contributed by atoms with E-state index >= 15 is 0 Å². The Balaban J connectivity index is 1.30. The van der Waals surface area contributed by atoms with E-state index in [9.17, 15) is 10.1 Å². The molecule has 13 heteroatoms. The first-order chi connectivity index (χ1) is 23.8. The quantitative estimate of drug-likeness (QED) is 0.131. The van der Waals surface area contributed by atoms with Crippen molar-refractivity contribution in [3.63, 3.8) is 0 Å². The van der Waals surface area contributed by atoms with Crippen LogP contribution in [0.4, 0.5) is 0 Å². The second kappa shape index (κ2) is 17.4. The molecule has 49 heavy (non-hydrogen) atoms. The van der Waals surface area contributed by atoms with Crippen molar-refractivity contribution < 1.29 is 14.3 Å². The molecule has 1 saturated heterocycles. The number of benzene rings is 2. The largest absolute Gasteiger partial charge is 0.480 e. The minimum Gasteiger partial charge on any atom is -0.480 e. The minimum absolute atomic E-state index is 0.0703. The van der Waals surface area contributed by atoms with Gasteiger partial charge in [-0.1, -0.05) is 59.6 Å². The van der Waals surface area contributed by atoms with Gasteiger partial charge in [0.15, 0.2) is 0 Å². The SMILES string of the molecule is C=N/C(OC)=C(CNC[C@@H]1CCC(=O)N1)\N=C/Cc1cccc(-c2cccc(-c3cnc(CN[C@H]4CC[C@@H](C#N)C4)c(OC)n3)c2Cl)c1Cl. The zero-order valence-corrected chi connectivity index (χ0v) is 29.2. The van der Waals surface area contributed by atoms with Crippen LogP contribution in [0.15, 0.2) is 64.2 Å². The van der Waals surface area contributed by atoms with Crippen molar-refractivity contribution >= 4 is 42.0 Å².